The van der Waals surface area contributed by atoms with Gasteiger partial charge in [0.2, 0.25) is 0 Å². The Hall–Kier alpha value is -2.57. The van der Waals surface area contributed by atoms with Crippen LogP contribution in [-0.2, 0) is 0 Å². The molecule has 6 nitrogen and oxygen atoms in total. The van der Waals surface area contributed by atoms with Crippen molar-refractivity contribution in [3.8, 4) is 5.75 Å². The van der Waals surface area contributed by atoms with Gasteiger partial charge in [-0.1, -0.05) is 0 Å². The van der Waals surface area contributed by atoms with Crippen molar-refractivity contribution < 1.29 is 13.9 Å². The third kappa shape index (κ3) is 2.82. The molecule has 2 rings (SSSR count). The fourth-order valence-corrected chi connectivity index (χ4v) is 1.52. The van der Waals surface area contributed by atoms with Gasteiger partial charge >= 0.3 is 0 Å². The van der Waals surface area contributed by atoms with E-state index in [2.05, 4.69) is 15.5 Å². The SMILES string of the molecule is CCOc1ccc(NC(=O)c2[nH]ncc2N)cc1F. The number of nitrogens with one attached hydrogen (secondary N) is 2. The Bertz CT molecular complexity index is 597. The summed E-state index contributed by atoms with van der Waals surface area (Å²) in [4.78, 5) is 11.8. The maximum atomic E-state index is 13.6. The van der Waals surface area contributed by atoms with Crippen LogP contribution in [0.15, 0.2) is 24.4 Å². The minimum absolute atomic E-state index is 0.134. The van der Waals surface area contributed by atoms with Crippen LogP contribution in [0.2, 0.25) is 0 Å². The molecule has 4 N–H and O–H groups in total. The second kappa shape index (κ2) is 5.38. The lowest BCUT2D eigenvalue weighted by Gasteiger charge is -2.08. The zero-order chi connectivity index (χ0) is 13.8. The molecule has 0 bridgehead atoms. The van der Waals surface area contributed by atoms with E-state index in [0.29, 0.717) is 12.3 Å². The molecule has 1 aromatic carbocycles. The van der Waals surface area contributed by atoms with Gasteiger partial charge in [-0.05, 0) is 19.1 Å². The maximum absolute atomic E-state index is 13.6. The number of carbonyl (C=O) groups is 1. The van der Waals surface area contributed by atoms with E-state index >= 15 is 0 Å². The number of nitrogen functional groups attached to an aromatic ring is 1. The van der Waals surface area contributed by atoms with Gasteiger partial charge in [-0.2, -0.15) is 5.10 Å². The number of benzene rings is 1. The summed E-state index contributed by atoms with van der Waals surface area (Å²) in [5.74, 6) is -0.891. The number of aromatic nitrogens is 2. The largest absolute Gasteiger partial charge is 0.491 e. The van der Waals surface area contributed by atoms with E-state index in [0.717, 1.165) is 0 Å². The van der Waals surface area contributed by atoms with E-state index in [1.807, 2.05) is 0 Å². The Morgan fingerprint density at radius 1 is 1.58 bits per heavy atom. The molecular formula is C12H13FN4O2. The van der Waals surface area contributed by atoms with Crippen LogP contribution in [0.3, 0.4) is 0 Å². The summed E-state index contributed by atoms with van der Waals surface area (Å²) in [6.07, 6.45) is 1.33. The molecule has 1 amide bonds. The van der Waals surface area contributed by atoms with Gasteiger partial charge in [0.15, 0.2) is 11.6 Å². The minimum atomic E-state index is -0.544. The molecule has 0 radical (unpaired) electrons. The quantitative estimate of drug-likeness (QED) is 0.784. The van der Waals surface area contributed by atoms with Crippen molar-refractivity contribution in [1.29, 1.82) is 0 Å². The van der Waals surface area contributed by atoms with Crippen LogP contribution in [0.1, 0.15) is 17.4 Å². The number of nitrogens with two attached hydrogens (primary N) is 1. The summed E-state index contributed by atoms with van der Waals surface area (Å²) < 4.78 is 18.7. The number of aromatic amines is 1. The Morgan fingerprint density at radius 2 is 2.37 bits per heavy atom. The maximum Gasteiger partial charge on any atom is 0.275 e. The molecule has 7 heteroatoms. The fourth-order valence-electron chi connectivity index (χ4n) is 1.52. The van der Waals surface area contributed by atoms with Gasteiger partial charge in [0.05, 0.1) is 18.5 Å². The summed E-state index contributed by atoms with van der Waals surface area (Å²) in [7, 11) is 0. The number of hydrogen-bond donors (Lipinski definition) is 3. The predicted molar refractivity (Wildman–Crippen MR) is 68.5 cm³/mol. The third-order valence-electron chi connectivity index (χ3n) is 2.39. The van der Waals surface area contributed by atoms with E-state index in [1.54, 1.807) is 13.0 Å². The van der Waals surface area contributed by atoms with Crippen LogP contribution in [0.4, 0.5) is 15.8 Å². The summed E-state index contributed by atoms with van der Waals surface area (Å²) >= 11 is 0. The van der Waals surface area contributed by atoms with Crippen molar-refractivity contribution in [3.63, 3.8) is 0 Å². The van der Waals surface area contributed by atoms with Crippen LogP contribution in [0.25, 0.3) is 0 Å². The molecule has 0 unspecified atom stereocenters. The first-order valence-corrected chi connectivity index (χ1v) is 5.64. The number of anilines is 2. The van der Waals surface area contributed by atoms with Gasteiger partial charge in [-0.3, -0.25) is 9.89 Å². The van der Waals surface area contributed by atoms with Gasteiger partial charge in [-0.25, -0.2) is 4.39 Å². The number of ether oxygens (including phenoxy) is 1. The summed E-state index contributed by atoms with van der Waals surface area (Å²) in [6.45, 7) is 2.13. The van der Waals surface area contributed by atoms with Crippen molar-refractivity contribution in [2.45, 2.75) is 6.92 Å². The number of nitrogens with zero attached hydrogens (tertiary/aromatic N) is 1. The Morgan fingerprint density at radius 3 is 2.95 bits per heavy atom. The first-order chi connectivity index (χ1) is 9.11. The van der Waals surface area contributed by atoms with Crippen LogP contribution in [0, 0.1) is 5.82 Å². The standard InChI is InChI=1S/C12H13FN4O2/c1-2-19-10-4-3-7(5-8(10)13)16-12(18)11-9(14)6-15-17-11/h3-6H,2,14H2,1H3,(H,15,17)(H,16,18). The molecule has 0 saturated carbocycles. The van der Waals surface area contributed by atoms with Gasteiger partial charge in [0.1, 0.15) is 5.69 Å². The molecule has 19 heavy (non-hydrogen) atoms. The van der Waals surface area contributed by atoms with E-state index < -0.39 is 11.7 Å². The lowest BCUT2D eigenvalue weighted by atomic mass is 10.2. The summed E-state index contributed by atoms with van der Waals surface area (Å²) in [6, 6.07) is 4.17. The fraction of sp³-hybridized carbons (Fsp3) is 0.167. The lowest BCUT2D eigenvalue weighted by Crippen LogP contribution is -2.14. The Balaban J connectivity index is 2.14. The number of halogens is 1. The Kier molecular flexibility index (Phi) is 3.65. The molecule has 1 heterocycles. The average molecular weight is 264 g/mol. The van der Waals surface area contributed by atoms with Crippen LogP contribution in [-0.4, -0.2) is 22.7 Å². The highest BCUT2D eigenvalue weighted by atomic mass is 19.1. The van der Waals surface area contributed by atoms with Crippen LogP contribution < -0.4 is 15.8 Å². The number of amides is 1. The molecule has 0 fully saturated rings. The first kappa shape index (κ1) is 12.9. The smallest absolute Gasteiger partial charge is 0.275 e. The van der Waals surface area contributed by atoms with E-state index in [-0.39, 0.29) is 17.1 Å². The predicted octanol–water partition coefficient (Wildman–Crippen LogP) is 1.78. The van der Waals surface area contributed by atoms with Crippen LogP contribution in [0.5, 0.6) is 5.75 Å². The molecule has 100 valence electrons. The van der Waals surface area contributed by atoms with Gasteiger partial charge in [0.25, 0.3) is 5.91 Å². The van der Waals surface area contributed by atoms with Crippen molar-refractivity contribution >= 4 is 17.3 Å². The summed E-state index contributed by atoms with van der Waals surface area (Å²) in [5, 5.41) is 8.61. The molecule has 0 aliphatic heterocycles. The molecule has 2 aromatic rings. The minimum Gasteiger partial charge on any atom is -0.491 e. The normalized spacial score (nSPS) is 10.2. The van der Waals surface area contributed by atoms with Crippen LogP contribution >= 0.6 is 0 Å². The number of hydrogen-bond acceptors (Lipinski definition) is 4. The van der Waals surface area contributed by atoms with E-state index in [4.69, 9.17) is 10.5 Å². The number of carbonyl (C=O) groups excluding carboxylic acids is 1. The Labute approximate surface area is 108 Å². The highest BCUT2D eigenvalue weighted by Gasteiger charge is 2.13. The highest BCUT2D eigenvalue weighted by Crippen LogP contribution is 2.21. The first-order valence-electron chi connectivity index (χ1n) is 5.64. The topological polar surface area (TPSA) is 93.0 Å². The van der Waals surface area contributed by atoms with Gasteiger partial charge in [-0.15, -0.1) is 0 Å². The van der Waals surface area contributed by atoms with Gasteiger partial charge < -0.3 is 15.8 Å². The second-order valence-corrected chi connectivity index (χ2v) is 3.73. The van der Waals surface area contributed by atoms with Crippen molar-refractivity contribution in [2.24, 2.45) is 0 Å². The van der Waals surface area contributed by atoms with E-state index in [1.165, 1.54) is 18.3 Å². The van der Waals surface area contributed by atoms with Crippen molar-refractivity contribution in [3.05, 3.63) is 35.9 Å². The molecule has 0 spiro atoms. The number of rotatable bonds is 4. The number of H-pyrrole nitrogens is 1. The molecule has 1 aromatic heterocycles. The zero-order valence-electron chi connectivity index (χ0n) is 10.2. The molecule has 0 aliphatic rings. The lowest BCUT2D eigenvalue weighted by molar-refractivity contribution is 0.102. The average Bonchev–Trinajstić information content (AvgIpc) is 2.79. The molecule has 0 aliphatic carbocycles. The third-order valence-corrected chi connectivity index (χ3v) is 2.39. The van der Waals surface area contributed by atoms with Crippen molar-refractivity contribution in [1.82, 2.24) is 10.2 Å². The van der Waals surface area contributed by atoms with Crippen molar-refractivity contribution in [2.75, 3.05) is 17.7 Å². The monoisotopic (exact) mass is 264 g/mol. The summed E-state index contributed by atoms with van der Waals surface area (Å²) in [5.41, 5.74) is 6.20. The van der Waals surface area contributed by atoms with E-state index in [9.17, 15) is 9.18 Å². The second-order valence-electron chi connectivity index (χ2n) is 3.73. The highest BCUT2D eigenvalue weighted by molar-refractivity contribution is 6.06. The van der Waals surface area contributed by atoms with Gasteiger partial charge in [0, 0.05) is 11.8 Å². The zero-order valence-corrected chi connectivity index (χ0v) is 10.2. The molecule has 0 saturated heterocycles. The molecular weight excluding hydrogens is 251 g/mol. The molecule has 0 atom stereocenters.